The molecule has 0 bridgehead atoms. The van der Waals surface area contributed by atoms with E-state index in [0.717, 1.165) is 12.1 Å². The molecule has 2 rings (SSSR count). The van der Waals surface area contributed by atoms with E-state index in [-0.39, 0.29) is 22.9 Å². The molecule has 0 radical (unpaired) electrons. The molecule has 0 aliphatic heterocycles. The van der Waals surface area contributed by atoms with Gasteiger partial charge in [-0.3, -0.25) is 4.79 Å². The Bertz CT molecular complexity index is 590. The van der Waals surface area contributed by atoms with Crippen LogP contribution in [0.4, 0.5) is 13.2 Å². The Morgan fingerprint density at radius 1 is 1.26 bits per heavy atom. The van der Waals surface area contributed by atoms with Crippen molar-refractivity contribution in [3.63, 3.8) is 0 Å². The number of alkyl halides is 4. The molecule has 0 amide bonds. The van der Waals surface area contributed by atoms with Gasteiger partial charge in [-0.2, -0.15) is 13.2 Å². The van der Waals surface area contributed by atoms with Crippen LogP contribution in [-0.2, 0) is 12.1 Å². The van der Waals surface area contributed by atoms with E-state index in [1.54, 1.807) is 0 Å². The van der Waals surface area contributed by atoms with E-state index in [2.05, 4.69) is 5.16 Å². The standard InChI is InChI=1S/C12H7ClF3NO2/c13-5-10-9(6-18)11(19-17-10)7-1-3-8(4-2-7)12(14,15)16/h1-4,6H,5H2. The Labute approximate surface area is 111 Å². The molecule has 7 heteroatoms. The highest BCUT2D eigenvalue weighted by molar-refractivity contribution is 6.17. The maximum absolute atomic E-state index is 12.4. The molecule has 19 heavy (non-hydrogen) atoms. The van der Waals surface area contributed by atoms with E-state index >= 15 is 0 Å². The van der Waals surface area contributed by atoms with Crippen LogP contribution in [0.25, 0.3) is 11.3 Å². The summed E-state index contributed by atoms with van der Waals surface area (Å²) in [4.78, 5) is 10.9. The SMILES string of the molecule is O=Cc1c(CCl)noc1-c1ccc(C(F)(F)F)cc1. The summed E-state index contributed by atoms with van der Waals surface area (Å²) < 4.78 is 42.2. The molecule has 0 N–H and O–H groups in total. The van der Waals surface area contributed by atoms with Gasteiger partial charge in [0.05, 0.1) is 17.0 Å². The number of nitrogens with zero attached hydrogens (tertiary/aromatic N) is 1. The fraction of sp³-hybridized carbons (Fsp3) is 0.167. The van der Waals surface area contributed by atoms with Gasteiger partial charge < -0.3 is 4.52 Å². The van der Waals surface area contributed by atoms with E-state index in [9.17, 15) is 18.0 Å². The summed E-state index contributed by atoms with van der Waals surface area (Å²) >= 11 is 5.57. The summed E-state index contributed by atoms with van der Waals surface area (Å²) in [6, 6.07) is 4.25. The number of rotatable bonds is 3. The minimum absolute atomic E-state index is 0.0157. The second-order valence-electron chi connectivity index (χ2n) is 3.70. The van der Waals surface area contributed by atoms with Crippen LogP contribution in [0.15, 0.2) is 28.8 Å². The highest BCUT2D eigenvalue weighted by Crippen LogP contribution is 2.32. The minimum Gasteiger partial charge on any atom is -0.355 e. The Morgan fingerprint density at radius 2 is 1.89 bits per heavy atom. The van der Waals surface area contributed by atoms with Gasteiger partial charge in [-0.25, -0.2) is 0 Å². The molecule has 0 unspecified atom stereocenters. The zero-order chi connectivity index (χ0) is 14.0. The van der Waals surface area contributed by atoms with Crippen molar-refractivity contribution in [3.8, 4) is 11.3 Å². The average Bonchev–Trinajstić information content (AvgIpc) is 2.80. The Balaban J connectivity index is 2.43. The van der Waals surface area contributed by atoms with Crippen LogP contribution in [0.5, 0.6) is 0 Å². The third-order valence-electron chi connectivity index (χ3n) is 2.52. The summed E-state index contributed by atoms with van der Waals surface area (Å²) in [5.41, 5.74) is -0.0405. The van der Waals surface area contributed by atoms with Crippen LogP contribution in [0.3, 0.4) is 0 Å². The molecule has 0 aliphatic carbocycles. The van der Waals surface area contributed by atoms with Crippen LogP contribution in [-0.4, -0.2) is 11.4 Å². The summed E-state index contributed by atoms with van der Waals surface area (Å²) in [7, 11) is 0. The van der Waals surface area contributed by atoms with Gasteiger partial charge in [-0.05, 0) is 12.1 Å². The van der Waals surface area contributed by atoms with Gasteiger partial charge >= 0.3 is 6.18 Å². The highest BCUT2D eigenvalue weighted by Gasteiger charge is 2.30. The van der Waals surface area contributed by atoms with Crippen LogP contribution in [0, 0.1) is 0 Å². The molecular weight excluding hydrogens is 283 g/mol. The first-order valence-electron chi connectivity index (χ1n) is 5.14. The molecule has 2 aromatic rings. The largest absolute Gasteiger partial charge is 0.416 e. The molecule has 1 aromatic carbocycles. The number of halogens is 4. The third-order valence-corrected chi connectivity index (χ3v) is 2.77. The molecule has 0 spiro atoms. The molecule has 0 saturated carbocycles. The van der Waals surface area contributed by atoms with Crippen molar-refractivity contribution in [3.05, 3.63) is 41.1 Å². The maximum Gasteiger partial charge on any atom is 0.416 e. The van der Waals surface area contributed by atoms with E-state index in [0.29, 0.717) is 11.8 Å². The molecule has 0 fully saturated rings. The van der Waals surface area contributed by atoms with Gasteiger partial charge in [0.1, 0.15) is 5.69 Å². The van der Waals surface area contributed by atoms with E-state index < -0.39 is 11.7 Å². The Hall–Kier alpha value is -1.82. The molecule has 3 nitrogen and oxygen atoms in total. The van der Waals surface area contributed by atoms with Crippen LogP contribution in [0.1, 0.15) is 21.6 Å². The fourth-order valence-corrected chi connectivity index (χ4v) is 1.76. The molecule has 0 aliphatic rings. The molecule has 1 heterocycles. The second kappa shape index (κ2) is 5.05. The lowest BCUT2D eigenvalue weighted by atomic mass is 10.1. The molecular formula is C12H7ClF3NO2. The number of aldehydes is 1. The summed E-state index contributed by atoms with van der Waals surface area (Å²) in [5.74, 6) is 0.0949. The number of benzene rings is 1. The van der Waals surface area contributed by atoms with Crippen LogP contribution >= 0.6 is 11.6 Å². The molecule has 0 saturated heterocycles. The average molecular weight is 290 g/mol. The second-order valence-corrected chi connectivity index (χ2v) is 3.97. The lowest BCUT2D eigenvalue weighted by Crippen LogP contribution is -2.04. The monoisotopic (exact) mass is 289 g/mol. The zero-order valence-corrected chi connectivity index (χ0v) is 10.1. The van der Waals surface area contributed by atoms with Crippen molar-refractivity contribution >= 4 is 17.9 Å². The minimum atomic E-state index is -4.41. The normalized spacial score (nSPS) is 11.6. The molecule has 0 atom stereocenters. The fourth-order valence-electron chi connectivity index (χ4n) is 1.57. The zero-order valence-electron chi connectivity index (χ0n) is 9.37. The van der Waals surface area contributed by atoms with Crippen molar-refractivity contribution in [2.75, 3.05) is 0 Å². The number of hydrogen-bond donors (Lipinski definition) is 0. The number of carbonyl (C=O) groups excluding carboxylic acids is 1. The van der Waals surface area contributed by atoms with Gasteiger partial charge in [0.25, 0.3) is 0 Å². The smallest absolute Gasteiger partial charge is 0.355 e. The van der Waals surface area contributed by atoms with Gasteiger partial charge in [0.15, 0.2) is 12.0 Å². The van der Waals surface area contributed by atoms with Gasteiger partial charge in [-0.15, -0.1) is 11.6 Å². The van der Waals surface area contributed by atoms with Crippen molar-refractivity contribution in [1.29, 1.82) is 0 Å². The van der Waals surface area contributed by atoms with Crippen LogP contribution in [0.2, 0.25) is 0 Å². The van der Waals surface area contributed by atoms with E-state index in [1.165, 1.54) is 12.1 Å². The summed E-state index contributed by atoms with van der Waals surface area (Å²) in [5, 5.41) is 3.59. The van der Waals surface area contributed by atoms with Crippen molar-refractivity contribution in [2.45, 2.75) is 12.1 Å². The summed E-state index contributed by atoms with van der Waals surface area (Å²) in [6.07, 6.45) is -3.89. The summed E-state index contributed by atoms with van der Waals surface area (Å²) in [6.45, 7) is 0. The lowest BCUT2D eigenvalue weighted by molar-refractivity contribution is -0.137. The van der Waals surface area contributed by atoms with E-state index in [1.807, 2.05) is 0 Å². The van der Waals surface area contributed by atoms with Gasteiger partial charge in [0.2, 0.25) is 0 Å². The number of hydrogen-bond acceptors (Lipinski definition) is 3. The topological polar surface area (TPSA) is 43.1 Å². The molecule has 1 aromatic heterocycles. The Morgan fingerprint density at radius 3 is 2.37 bits per heavy atom. The van der Waals surface area contributed by atoms with Gasteiger partial charge in [0, 0.05) is 5.56 Å². The van der Waals surface area contributed by atoms with E-state index in [4.69, 9.17) is 16.1 Å². The van der Waals surface area contributed by atoms with Crippen LogP contribution < -0.4 is 0 Å². The Kier molecular flexibility index (Phi) is 3.61. The van der Waals surface area contributed by atoms with Crippen molar-refractivity contribution in [2.24, 2.45) is 0 Å². The third kappa shape index (κ3) is 2.63. The quantitative estimate of drug-likeness (QED) is 0.635. The first-order chi connectivity index (χ1) is 8.97. The number of aromatic nitrogens is 1. The molecule has 100 valence electrons. The predicted molar refractivity (Wildman–Crippen MR) is 61.9 cm³/mol. The van der Waals surface area contributed by atoms with Crippen molar-refractivity contribution in [1.82, 2.24) is 5.16 Å². The predicted octanol–water partition coefficient (Wildman–Crippen LogP) is 3.91. The van der Waals surface area contributed by atoms with Crippen molar-refractivity contribution < 1.29 is 22.5 Å². The highest BCUT2D eigenvalue weighted by atomic mass is 35.5. The number of carbonyl (C=O) groups is 1. The lowest BCUT2D eigenvalue weighted by Gasteiger charge is -2.06. The first kappa shape index (κ1) is 13.6. The first-order valence-corrected chi connectivity index (χ1v) is 5.68. The maximum atomic E-state index is 12.4. The van der Waals surface area contributed by atoms with Gasteiger partial charge in [-0.1, -0.05) is 17.3 Å².